The molecule has 0 unspecified atom stereocenters. The van der Waals surface area contributed by atoms with Crippen molar-refractivity contribution in [1.29, 1.82) is 0 Å². The van der Waals surface area contributed by atoms with Gasteiger partial charge < -0.3 is 20.0 Å². The molecule has 4 aliphatic heterocycles. The number of aryl methyl sites for hydroxylation is 2. The van der Waals surface area contributed by atoms with Gasteiger partial charge >= 0.3 is 0 Å². The van der Waals surface area contributed by atoms with Crippen LogP contribution in [-0.2, 0) is 20.0 Å². The van der Waals surface area contributed by atoms with E-state index in [0.717, 1.165) is 79.6 Å². The molecule has 3 N–H and O–H groups in total. The first kappa shape index (κ1) is 54.8. The van der Waals surface area contributed by atoms with Gasteiger partial charge in [0.1, 0.15) is 11.0 Å². The number of rotatable bonds is 9. The number of nitrogens with zero attached hydrogens (tertiary/aromatic N) is 9. The van der Waals surface area contributed by atoms with Crippen LogP contribution in [0.1, 0.15) is 108 Å². The van der Waals surface area contributed by atoms with Crippen LogP contribution in [0.4, 0.5) is 17.2 Å². The van der Waals surface area contributed by atoms with Gasteiger partial charge in [-0.3, -0.25) is 19.0 Å². The molecular formula is C48H60Cl4N12O6S2. The van der Waals surface area contributed by atoms with Gasteiger partial charge in [-0.2, -0.15) is 10.2 Å². The molecule has 0 saturated carbocycles. The number of aromatic nitrogens is 6. The molecule has 0 aliphatic carbocycles. The maximum atomic E-state index is 13.8. The summed E-state index contributed by atoms with van der Waals surface area (Å²) in [7, 11) is -7.15. The third-order valence-electron chi connectivity index (χ3n) is 12.9. The Balaban J connectivity index is 0.000000194. The van der Waals surface area contributed by atoms with E-state index in [9.17, 15) is 26.4 Å². The number of carbonyl (C=O) groups is 2. The Morgan fingerprint density at radius 3 is 1.49 bits per heavy atom. The van der Waals surface area contributed by atoms with Gasteiger partial charge in [0.25, 0.3) is 11.8 Å². The van der Waals surface area contributed by atoms with Crippen LogP contribution in [-0.4, -0.2) is 119 Å². The summed E-state index contributed by atoms with van der Waals surface area (Å²) in [6.07, 6.45) is 11.8. The van der Waals surface area contributed by atoms with Crippen molar-refractivity contribution >= 4 is 108 Å². The topological polar surface area (TPSA) is 209 Å². The lowest BCUT2D eigenvalue weighted by Gasteiger charge is -2.38. The zero-order chi connectivity index (χ0) is 50.9. The molecule has 0 bridgehead atoms. The van der Waals surface area contributed by atoms with Crippen LogP contribution in [0.5, 0.6) is 0 Å². The van der Waals surface area contributed by atoms with E-state index in [1.165, 1.54) is 50.2 Å². The van der Waals surface area contributed by atoms with Crippen molar-refractivity contribution in [2.24, 2.45) is 11.8 Å². The van der Waals surface area contributed by atoms with E-state index in [0.29, 0.717) is 45.5 Å². The number of amides is 2. The molecule has 2 aromatic carbocycles. The molecule has 0 radical (unpaired) electrons. The molecular weight excluding hydrogens is 1050 g/mol. The quantitative estimate of drug-likeness (QED) is 0.116. The third-order valence-corrected chi connectivity index (χ3v) is 15.0. The number of likely N-dealkylation sites (tertiary alicyclic amines) is 2. The summed E-state index contributed by atoms with van der Waals surface area (Å²) in [6, 6.07) is 12.4. The molecule has 4 fully saturated rings. The number of sulfonamides is 2. The Labute approximate surface area is 441 Å². The molecule has 2 amide bonds. The maximum Gasteiger partial charge on any atom is 0.256 e. The van der Waals surface area contributed by atoms with Crippen LogP contribution in [0, 0.1) is 25.7 Å². The van der Waals surface area contributed by atoms with E-state index in [-0.39, 0.29) is 64.7 Å². The molecule has 4 atom stereocenters. The Hall–Kier alpha value is -4.96. The molecule has 18 nitrogen and oxygen atoms in total. The van der Waals surface area contributed by atoms with Crippen molar-refractivity contribution < 1.29 is 26.4 Å². The Bertz CT molecular complexity index is 3160. The molecule has 4 saturated heterocycles. The summed E-state index contributed by atoms with van der Waals surface area (Å²) >= 11 is 18.5. The highest BCUT2D eigenvalue weighted by Crippen LogP contribution is 2.38. The lowest BCUT2D eigenvalue weighted by atomic mass is 9.91. The number of fused-ring (bicyclic) bond motifs is 2. The summed E-state index contributed by atoms with van der Waals surface area (Å²) in [4.78, 5) is 42.5. The smallest absolute Gasteiger partial charge is 0.256 e. The van der Waals surface area contributed by atoms with E-state index in [1.54, 1.807) is 37.2 Å². The third kappa shape index (κ3) is 13.0. The Morgan fingerprint density at radius 1 is 0.653 bits per heavy atom. The number of nitrogens with one attached hydrogen (secondary N) is 3. The van der Waals surface area contributed by atoms with E-state index < -0.39 is 20.0 Å². The van der Waals surface area contributed by atoms with Gasteiger partial charge in [0.15, 0.2) is 11.3 Å². The first-order valence-electron chi connectivity index (χ1n) is 23.6. The number of anilines is 3. The first-order valence-corrected chi connectivity index (χ1v) is 28.5. The van der Waals surface area contributed by atoms with Crippen molar-refractivity contribution in [3.63, 3.8) is 0 Å². The standard InChI is InChI=1S/C24H29ClN6O3S.C21H23Cl2N5O3S.C3H7N.ClH/c1-15-5-8-21(20-12-22-26-23(29-9-4-10-29)16(2)14-31(22)27-20)30(13-15)24(32)18-11-17(25)6-7-19(18)28-35(3,33)34;1-12-4-7-18(17-9-19-24-20(23)13(2)11-28(19)25-17)27(10-12)21(29)15-8-14(22)5-6-16(15)26-32(3,30)31;1-2-4-3-1;/h6-7,11-12,14-15,21,28H,4-5,8-10,13H2,1-3H3;5-6,8-9,11-12,18,26H,4,7,10H2,1-3H3;4H,1-3H2;1H/t15-,21-;12-,18-;;/m00../s1. The van der Waals surface area contributed by atoms with Gasteiger partial charge in [0.2, 0.25) is 20.0 Å². The number of hydrogen-bond acceptors (Lipinski definition) is 12. The molecule has 72 heavy (non-hydrogen) atoms. The van der Waals surface area contributed by atoms with Crippen molar-refractivity contribution in [2.45, 2.75) is 78.3 Å². The number of halogens is 4. The van der Waals surface area contributed by atoms with Crippen LogP contribution in [0.25, 0.3) is 11.3 Å². The molecule has 388 valence electrons. The predicted molar refractivity (Wildman–Crippen MR) is 286 cm³/mol. The zero-order valence-corrected chi connectivity index (χ0v) is 45.6. The van der Waals surface area contributed by atoms with Gasteiger partial charge in [-0.15, -0.1) is 12.4 Å². The Morgan fingerprint density at radius 2 is 1.08 bits per heavy atom. The van der Waals surface area contributed by atoms with Gasteiger partial charge in [0.05, 0.1) is 58.5 Å². The summed E-state index contributed by atoms with van der Waals surface area (Å²) in [5.74, 6) is 0.978. The molecule has 0 spiro atoms. The molecule has 10 rings (SSSR count). The molecule has 4 aromatic heterocycles. The van der Waals surface area contributed by atoms with Crippen LogP contribution < -0.4 is 19.7 Å². The predicted octanol–water partition coefficient (Wildman–Crippen LogP) is 8.62. The summed E-state index contributed by atoms with van der Waals surface area (Å²) in [5, 5.41) is 13.7. The monoisotopic (exact) mass is 1100 g/mol. The van der Waals surface area contributed by atoms with E-state index in [2.05, 4.69) is 43.6 Å². The van der Waals surface area contributed by atoms with Gasteiger partial charge in [0, 0.05) is 71.9 Å². The minimum Gasteiger partial charge on any atom is -0.356 e. The van der Waals surface area contributed by atoms with Crippen LogP contribution in [0.2, 0.25) is 15.2 Å². The number of hydrogen-bond donors (Lipinski definition) is 3. The fraction of sp³-hybridized carbons (Fsp3) is 0.458. The van der Waals surface area contributed by atoms with Crippen LogP contribution in [0.15, 0.2) is 60.9 Å². The second-order valence-corrected chi connectivity index (χ2v) is 23.8. The second-order valence-electron chi connectivity index (χ2n) is 19.1. The average molecular weight is 1110 g/mol. The average Bonchev–Trinajstić information content (AvgIpc) is 3.86. The highest BCUT2D eigenvalue weighted by atomic mass is 35.5. The zero-order valence-electron chi connectivity index (χ0n) is 40.9. The SMILES string of the molecule is C1CNC1.Cc1cn2nc([C@@H]3CC[C@H](C)CN3C(=O)c3cc(Cl)ccc3NS(C)(=O)=O)cc2nc1Cl.Cc1cn2nc([C@@H]3CC[C@H](C)CN3C(=O)c3cc(Cl)ccc3NS(C)(=O)=O)cc2nc1N1CCC1.Cl. The molecule has 8 heterocycles. The largest absolute Gasteiger partial charge is 0.356 e. The van der Waals surface area contributed by atoms with Crippen molar-refractivity contribution in [1.82, 2.24) is 44.3 Å². The van der Waals surface area contributed by atoms with Gasteiger partial charge in [-0.05, 0) is 114 Å². The van der Waals surface area contributed by atoms with Crippen molar-refractivity contribution in [3.05, 3.63) is 110 Å². The fourth-order valence-electron chi connectivity index (χ4n) is 9.02. The number of piperidine rings is 2. The lowest BCUT2D eigenvalue weighted by Crippen LogP contribution is -2.42. The highest BCUT2D eigenvalue weighted by Gasteiger charge is 2.36. The van der Waals surface area contributed by atoms with Crippen molar-refractivity contribution in [3.8, 4) is 0 Å². The highest BCUT2D eigenvalue weighted by molar-refractivity contribution is 7.92. The fourth-order valence-corrected chi connectivity index (χ4v) is 10.7. The maximum absolute atomic E-state index is 13.8. The van der Waals surface area contributed by atoms with Crippen LogP contribution >= 0.6 is 47.2 Å². The second kappa shape index (κ2) is 22.7. The molecule has 6 aromatic rings. The van der Waals surface area contributed by atoms with Crippen LogP contribution in [0.3, 0.4) is 0 Å². The Kier molecular flexibility index (Phi) is 17.2. The molecule has 24 heteroatoms. The normalized spacial score (nSPS) is 20.0. The summed E-state index contributed by atoms with van der Waals surface area (Å²) in [6.45, 7) is 13.6. The lowest BCUT2D eigenvalue weighted by molar-refractivity contribution is 0.0532. The summed E-state index contributed by atoms with van der Waals surface area (Å²) in [5.41, 5.74) is 5.52. The number of carbonyl (C=O) groups excluding carboxylic acids is 2. The summed E-state index contributed by atoms with van der Waals surface area (Å²) < 4.78 is 55.8. The van der Waals surface area contributed by atoms with E-state index in [4.69, 9.17) is 44.9 Å². The van der Waals surface area contributed by atoms with E-state index in [1.807, 2.05) is 32.2 Å². The van der Waals surface area contributed by atoms with Gasteiger partial charge in [-0.25, -0.2) is 35.8 Å². The first-order chi connectivity index (χ1) is 33.6. The number of benzene rings is 2. The van der Waals surface area contributed by atoms with Gasteiger partial charge in [-0.1, -0.05) is 48.7 Å². The van der Waals surface area contributed by atoms with Crippen molar-refractivity contribution in [2.75, 3.05) is 66.1 Å². The van der Waals surface area contributed by atoms with E-state index >= 15 is 0 Å². The minimum absolute atomic E-state index is 0. The minimum atomic E-state index is -3.58. The molecule has 4 aliphatic rings.